The second-order valence-corrected chi connectivity index (χ2v) is 4.66. The molecule has 1 aliphatic carbocycles. The van der Waals surface area contributed by atoms with Crippen molar-refractivity contribution >= 4 is 10.9 Å². The van der Waals surface area contributed by atoms with Crippen molar-refractivity contribution in [1.29, 1.82) is 0 Å². The number of nitrogens with one attached hydrogen (secondary N) is 1. The first-order valence-electron chi connectivity index (χ1n) is 5.73. The molecule has 84 valence electrons. The molecule has 3 rings (SSSR count). The molecule has 1 aromatic heterocycles. The third-order valence-corrected chi connectivity index (χ3v) is 3.50. The average molecular weight is 218 g/mol. The van der Waals surface area contributed by atoms with Crippen LogP contribution in [0.2, 0.25) is 0 Å². The minimum Gasteiger partial charge on any atom is -0.358 e. The molecule has 0 aliphatic heterocycles. The molecule has 0 amide bonds. The van der Waals surface area contributed by atoms with E-state index in [0.29, 0.717) is 0 Å². The first kappa shape index (κ1) is 9.85. The second kappa shape index (κ2) is 3.32. The van der Waals surface area contributed by atoms with Gasteiger partial charge in [0.1, 0.15) is 5.82 Å². The lowest BCUT2D eigenvalue weighted by molar-refractivity contribution is 0.569. The van der Waals surface area contributed by atoms with Crippen LogP contribution in [0, 0.1) is 12.7 Å². The van der Waals surface area contributed by atoms with Crippen LogP contribution in [0.5, 0.6) is 0 Å². The van der Waals surface area contributed by atoms with Gasteiger partial charge in [-0.25, -0.2) is 4.39 Å². The molecule has 2 nitrogen and oxygen atoms in total. The van der Waals surface area contributed by atoms with E-state index in [0.717, 1.165) is 41.3 Å². The number of aromatic amines is 1. The highest BCUT2D eigenvalue weighted by molar-refractivity contribution is 5.88. The summed E-state index contributed by atoms with van der Waals surface area (Å²) < 4.78 is 13.4. The van der Waals surface area contributed by atoms with E-state index in [1.807, 2.05) is 6.92 Å². The summed E-state index contributed by atoms with van der Waals surface area (Å²) in [5.74, 6) is -0.176. The Morgan fingerprint density at radius 1 is 1.44 bits per heavy atom. The summed E-state index contributed by atoms with van der Waals surface area (Å²) in [4.78, 5) is 3.40. The van der Waals surface area contributed by atoms with Gasteiger partial charge < -0.3 is 10.7 Å². The quantitative estimate of drug-likeness (QED) is 0.701. The van der Waals surface area contributed by atoms with Crippen molar-refractivity contribution in [1.82, 2.24) is 4.98 Å². The number of hydrogen-bond donors (Lipinski definition) is 2. The van der Waals surface area contributed by atoms with E-state index in [2.05, 4.69) is 4.98 Å². The number of H-pyrrole nitrogens is 1. The minimum atomic E-state index is -0.176. The van der Waals surface area contributed by atoms with Crippen molar-refractivity contribution in [2.24, 2.45) is 5.73 Å². The lowest BCUT2D eigenvalue weighted by atomic mass is 9.91. The number of rotatable bonds is 0. The van der Waals surface area contributed by atoms with Gasteiger partial charge in [-0.3, -0.25) is 0 Å². The average Bonchev–Trinajstić information content (AvgIpc) is 2.58. The minimum absolute atomic E-state index is 0.0544. The molecular weight excluding hydrogens is 203 g/mol. The predicted molar refractivity (Wildman–Crippen MR) is 62.9 cm³/mol. The van der Waals surface area contributed by atoms with Crippen LogP contribution in [-0.4, -0.2) is 4.98 Å². The Balaban J connectivity index is 2.38. The summed E-state index contributed by atoms with van der Waals surface area (Å²) in [6, 6.07) is 3.22. The second-order valence-electron chi connectivity index (χ2n) is 4.66. The number of nitrogens with two attached hydrogens (primary N) is 1. The maximum absolute atomic E-state index is 13.4. The summed E-state index contributed by atoms with van der Waals surface area (Å²) in [6.07, 6.45) is 3.14. The monoisotopic (exact) mass is 218 g/mol. The summed E-state index contributed by atoms with van der Waals surface area (Å²) in [6.45, 7) is 1.93. The number of fused-ring (bicyclic) bond motifs is 3. The molecule has 1 unspecified atom stereocenters. The highest BCUT2D eigenvalue weighted by Crippen LogP contribution is 2.35. The molecule has 0 bridgehead atoms. The van der Waals surface area contributed by atoms with Crippen LogP contribution in [-0.2, 0) is 6.42 Å². The van der Waals surface area contributed by atoms with E-state index in [9.17, 15) is 4.39 Å². The Kier molecular flexibility index (Phi) is 2.04. The zero-order chi connectivity index (χ0) is 11.3. The molecule has 0 spiro atoms. The highest BCUT2D eigenvalue weighted by atomic mass is 19.1. The lowest BCUT2D eigenvalue weighted by Crippen LogP contribution is -2.16. The number of aromatic nitrogens is 1. The van der Waals surface area contributed by atoms with Gasteiger partial charge in [0, 0.05) is 22.6 Å². The Morgan fingerprint density at radius 3 is 3.06 bits per heavy atom. The zero-order valence-corrected chi connectivity index (χ0v) is 9.31. The van der Waals surface area contributed by atoms with Crippen LogP contribution in [0.3, 0.4) is 0 Å². The number of halogens is 1. The molecule has 3 N–H and O–H groups in total. The number of aryl methyl sites for hydroxylation is 2. The summed E-state index contributed by atoms with van der Waals surface area (Å²) in [7, 11) is 0. The maximum Gasteiger partial charge on any atom is 0.124 e. The Labute approximate surface area is 93.6 Å². The maximum atomic E-state index is 13.4. The Hall–Kier alpha value is -1.35. The smallest absolute Gasteiger partial charge is 0.124 e. The first-order valence-corrected chi connectivity index (χ1v) is 5.73. The molecule has 1 heterocycles. The molecule has 0 saturated heterocycles. The van der Waals surface area contributed by atoms with Crippen molar-refractivity contribution in [2.45, 2.75) is 32.2 Å². The first-order chi connectivity index (χ1) is 7.66. The zero-order valence-electron chi connectivity index (χ0n) is 9.31. The van der Waals surface area contributed by atoms with Crippen LogP contribution in [0.15, 0.2) is 12.1 Å². The van der Waals surface area contributed by atoms with Crippen LogP contribution in [0.1, 0.15) is 35.7 Å². The van der Waals surface area contributed by atoms with Crippen molar-refractivity contribution in [2.75, 3.05) is 0 Å². The molecule has 1 aliphatic rings. The van der Waals surface area contributed by atoms with Gasteiger partial charge in [0.05, 0.1) is 0 Å². The van der Waals surface area contributed by atoms with Gasteiger partial charge in [-0.05, 0) is 49.4 Å². The van der Waals surface area contributed by atoms with Crippen LogP contribution in [0.4, 0.5) is 4.39 Å². The van der Waals surface area contributed by atoms with Gasteiger partial charge in [0.25, 0.3) is 0 Å². The molecule has 1 atom stereocenters. The normalized spacial score (nSPS) is 20.1. The molecule has 2 aromatic rings. The predicted octanol–water partition coefficient (Wildman–Crippen LogP) is 2.95. The third kappa shape index (κ3) is 1.28. The van der Waals surface area contributed by atoms with E-state index >= 15 is 0 Å². The van der Waals surface area contributed by atoms with E-state index < -0.39 is 0 Å². The fraction of sp³-hybridized carbons (Fsp3) is 0.385. The van der Waals surface area contributed by atoms with Crippen molar-refractivity contribution in [3.63, 3.8) is 0 Å². The number of benzene rings is 1. The van der Waals surface area contributed by atoms with Gasteiger partial charge in [-0.1, -0.05) is 0 Å². The summed E-state index contributed by atoms with van der Waals surface area (Å²) >= 11 is 0. The fourth-order valence-corrected chi connectivity index (χ4v) is 2.77. The van der Waals surface area contributed by atoms with Gasteiger partial charge in [-0.2, -0.15) is 0 Å². The van der Waals surface area contributed by atoms with Crippen LogP contribution < -0.4 is 5.73 Å². The molecule has 3 heteroatoms. The molecule has 0 saturated carbocycles. The van der Waals surface area contributed by atoms with Crippen molar-refractivity contribution in [3.05, 3.63) is 34.8 Å². The largest absolute Gasteiger partial charge is 0.358 e. The van der Waals surface area contributed by atoms with Gasteiger partial charge in [0.15, 0.2) is 0 Å². The number of hydrogen-bond acceptors (Lipinski definition) is 1. The molecule has 0 radical (unpaired) electrons. The molecule has 16 heavy (non-hydrogen) atoms. The Bertz CT molecular complexity index is 557. The standard InChI is InChI=1S/C13H15FN2/c1-7-5-8(14)6-9-12-10(15)3-2-4-11(12)16-13(7)9/h5-6,10,16H,2-4,15H2,1H3. The molecular formula is C13H15FN2. The molecule has 0 fully saturated rings. The van der Waals surface area contributed by atoms with Gasteiger partial charge >= 0.3 is 0 Å². The molecule has 1 aromatic carbocycles. The highest BCUT2D eigenvalue weighted by Gasteiger charge is 2.22. The van der Waals surface area contributed by atoms with E-state index in [4.69, 9.17) is 5.73 Å². The van der Waals surface area contributed by atoms with E-state index in [1.54, 1.807) is 12.1 Å². The van der Waals surface area contributed by atoms with Gasteiger partial charge in [0.2, 0.25) is 0 Å². The van der Waals surface area contributed by atoms with E-state index in [1.165, 1.54) is 5.69 Å². The van der Waals surface area contributed by atoms with Gasteiger partial charge in [-0.15, -0.1) is 0 Å². The van der Waals surface area contributed by atoms with E-state index in [-0.39, 0.29) is 11.9 Å². The fourth-order valence-electron chi connectivity index (χ4n) is 2.77. The van der Waals surface area contributed by atoms with Crippen molar-refractivity contribution in [3.8, 4) is 0 Å². The Morgan fingerprint density at radius 2 is 2.25 bits per heavy atom. The van der Waals surface area contributed by atoms with Crippen LogP contribution in [0.25, 0.3) is 10.9 Å². The van der Waals surface area contributed by atoms with Crippen molar-refractivity contribution < 1.29 is 4.39 Å². The lowest BCUT2D eigenvalue weighted by Gasteiger charge is -2.18. The summed E-state index contributed by atoms with van der Waals surface area (Å²) in [5.41, 5.74) is 10.4. The van der Waals surface area contributed by atoms with Crippen LogP contribution >= 0.6 is 0 Å². The topological polar surface area (TPSA) is 41.8 Å². The summed E-state index contributed by atoms with van der Waals surface area (Å²) in [5, 5.41) is 0.972. The third-order valence-electron chi connectivity index (χ3n) is 3.50. The SMILES string of the molecule is Cc1cc(F)cc2c3c([nH]c12)CCCC3N.